The Morgan fingerprint density at radius 1 is 1.47 bits per heavy atom. The molecule has 76 valence electrons. The first-order valence-corrected chi connectivity index (χ1v) is 5.22. The van der Waals surface area contributed by atoms with Crippen LogP contribution in [0.1, 0.15) is 46.9 Å². The minimum Gasteiger partial charge on any atom is -0.477 e. The van der Waals surface area contributed by atoms with Gasteiger partial charge in [0.25, 0.3) is 0 Å². The molecule has 1 atom stereocenters. The Morgan fingerprint density at radius 3 is 3.13 bits per heavy atom. The Balaban J connectivity index is 2.08. The Hall–Kier alpha value is -1.64. The zero-order chi connectivity index (χ0) is 10.4. The molecule has 0 spiro atoms. The molecule has 3 nitrogen and oxygen atoms in total. The van der Waals surface area contributed by atoms with Crippen molar-refractivity contribution in [1.82, 2.24) is 4.98 Å². The van der Waals surface area contributed by atoms with E-state index in [0.717, 1.165) is 24.1 Å². The second-order valence-electron chi connectivity index (χ2n) is 4.08. The Bertz CT molecular complexity index is 477. The molecule has 0 fully saturated rings. The maximum Gasteiger partial charge on any atom is 0.354 e. The maximum absolute atomic E-state index is 10.8. The number of hydrogen-bond acceptors (Lipinski definition) is 2. The van der Waals surface area contributed by atoms with Gasteiger partial charge in [-0.25, -0.2) is 9.78 Å². The second kappa shape index (κ2) is 2.92. The van der Waals surface area contributed by atoms with Crippen LogP contribution in [-0.4, -0.2) is 16.1 Å². The molecule has 0 saturated carbocycles. The summed E-state index contributed by atoms with van der Waals surface area (Å²) < 4.78 is 0. The van der Waals surface area contributed by atoms with Crippen molar-refractivity contribution < 1.29 is 9.90 Å². The third kappa shape index (κ3) is 1.12. The van der Waals surface area contributed by atoms with Gasteiger partial charge in [-0.05, 0) is 30.9 Å². The van der Waals surface area contributed by atoms with Gasteiger partial charge in [-0.2, -0.15) is 0 Å². The summed E-state index contributed by atoms with van der Waals surface area (Å²) in [4.78, 5) is 15.0. The summed E-state index contributed by atoms with van der Waals surface area (Å²) in [6.45, 7) is 0. The van der Waals surface area contributed by atoms with Crippen molar-refractivity contribution in [3.8, 4) is 0 Å². The molecule has 0 aliphatic heterocycles. The summed E-state index contributed by atoms with van der Waals surface area (Å²) in [5, 5.41) is 8.84. The second-order valence-corrected chi connectivity index (χ2v) is 4.08. The Labute approximate surface area is 87.5 Å². The van der Waals surface area contributed by atoms with E-state index in [1.54, 1.807) is 6.07 Å². The van der Waals surface area contributed by atoms with E-state index in [9.17, 15) is 4.79 Å². The molecule has 1 N–H and O–H groups in total. The number of carboxylic acid groups (broad SMARTS) is 1. The number of carboxylic acids is 1. The molecule has 3 heteroatoms. The zero-order valence-corrected chi connectivity index (χ0v) is 8.23. The summed E-state index contributed by atoms with van der Waals surface area (Å²) in [5.41, 5.74) is 3.68. The first-order valence-electron chi connectivity index (χ1n) is 5.22. The van der Waals surface area contributed by atoms with Crippen LogP contribution in [-0.2, 0) is 0 Å². The van der Waals surface area contributed by atoms with Crippen molar-refractivity contribution in [1.29, 1.82) is 0 Å². The number of aromatic carboxylic acids is 1. The van der Waals surface area contributed by atoms with Gasteiger partial charge in [0, 0.05) is 11.5 Å². The molecule has 15 heavy (non-hydrogen) atoms. The summed E-state index contributed by atoms with van der Waals surface area (Å²) in [5.74, 6) is -0.529. The molecule has 1 aromatic rings. The van der Waals surface area contributed by atoms with Crippen molar-refractivity contribution >= 4 is 11.5 Å². The van der Waals surface area contributed by atoms with Crippen LogP contribution in [0.4, 0.5) is 0 Å². The molecule has 2 aliphatic rings. The average Bonchev–Trinajstić information content (AvgIpc) is 2.25. The lowest BCUT2D eigenvalue weighted by molar-refractivity contribution is 0.0690. The van der Waals surface area contributed by atoms with Crippen molar-refractivity contribution in [3.63, 3.8) is 0 Å². The fraction of sp³-hybridized carbons (Fsp3) is 0.333. The third-order valence-corrected chi connectivity index (χ3v) is 3.22. The lowest BCUT2D eigenvalue weighted by atomic mass is 9.70. The minimum absolute atomic E-state index is 0.165. The molecule has 0 aromatic carbocycles. The first kappa shape index (κ1) is 8.65. The van der Waals surface area contributed by atoms with Gasteiger partial charge < -0.3 is 5.11 Å². The van der Waals surface area contributed by atoms with E-state index < -0.39 is 5.97 Å². The van der Waals surface area contributed by atoms with E-state index in [1.807, 2.05) is 6.07 Å². The van der Waals surface area contributed by atoms with Crippen molar-refractivity contribution in [2.45, 2.75) is 25.2 Å². The molecule has 0 saturated heterocycles. The number of fused-ring (bicyclic) bond motifs is 4. The van der Waals surface area contributed by atoms with Crippen LogP contribution in [0.2, 0.25) is 0 Å². The van der Waals surface area contributed by atoms with Gasteiger partial charge in [-0.1, -0.05) is 12.1 Å². The van der Waals surface area contributed by atoms with E-state index in [4.69, 9.17) is 5.11 Å². The van der Waals surface area contributed by atoms with Gasteiger partial charge in [0.05, 0.1) is 5.69 Å². The standard InChI is InChI=1S/C12H11NO2/c14-12(15)10-6-5-9-7-3-1-2-4-8(7)11(9)13-10/h3,5-6,8H,1-2,4H2,(H,14,15). The molecular formula is C12H11NO2. The van der Waals surface area contributed by atoms with E-state index in [-0.39, 0.29) is 5.69 Å². The smallest absolute Gasteiger partial charge is 0.354 e. The average molecular weight is 201 g/mol. The van der Waals surface area contributed by atoms with Gasteiger partial charge in [-0.3, -0.25) is 0 Å². The van der Waals surface area contributed by atoms with Crippen LogP contribution < -0.4 is 0 Å². The molecule has 0 amide bonds. The highest BCUT2D eigenvalue weighted by Gasteiger charge is 2.35. The number of nitrogens with zero attached hydrogens (tertiary/aromatic N) is 1. The number of hydrogen-bond donors (Lipinski definition) is 1. The molecule has 0 bridgehead atoms. The van der Waals surface area contributed by atoms with Crippen LogP contribution in [0, 0.1) is 0 Å². The topological polar surface area (TPSA) is 50.2 Å². The van der Waals surface area contributed by atoms with E-state index >= 15 is 0 Å². The van der Waals surface area contributed by atoms with Gasteiger partial charge in [0.15, 0.2) is 0 Å². The normalized spacial score (nSPS) is 22.1. The SMILES string of the molecule is O=C(O)c1ccc2c(n1)C1CCCC=C21. The number of allylic oxidation sites excluding steroid dienone is 2. The number of pyridine rings is 1. The maximum atomic E-state index is 10.8. The van der Waals surface area contributed by atoms with Gasteiger partial charge in [0.1, 0.15) is 5.69 Å². The van der Waals surface area contributed by atoms with E-state index in [1.165, 1.54) is 12.0 Å². The predicted molar refractivity (Wildman–Crippen MR) is 55.8 cm³/mol. The molecule has 0 radical (unpaired) electrons. The third-order valence-electron chi connectivity index (χ3n) is 3.22. The number of rotatable bonds is 1. The van der Waals surface area contributed by atoms with Gasteiger partial charge in [-0.15, -0.1) is 0 Å². The predicted octanol–water partition coefficient (Wildman–Crippen LogP) is 2.44. The fourth-order valence-electron chi connectivity index (χ4n) is 2.48. The van der Waals surface area contributed by atoms with Gasteiger partial charge in [0.2, 0.25) is 0 Å². The molecule has 2 aliphatic carbocycles. The fourth-order valence-corrected chi connectivity index (χ4v) is 2.48. The van der Waals surface area contributed by atoms with Crippen molar-refractivity contribution in [2.24, 2.45) is 0 Å². The quantitative estimate of drug-likeness (QED) is 0.759. The summed E-state index contributed by atoms with van der Waals surface area (Å²) in [6.07, 6.45) is 5.71. The van der Waals surface area contributed by atoms with Crippen LogP contribution in [0.15, 0.2) is 18.2 Å². The zero-order valence-electron chi connectivity index (χ0n) is 8.23. The summed E-state index contributed by atoms with van der Waals surface area (Å²) in [6, 6.07) is 3.48. The lowest BCUT2D eigenvalue weighted by Crippen LogP contribution is -2.22. The number of carbonyl (C=O) groups is 1. The monoisotopic (exact) mass is 201 g/mol. The Morgan fingerprint density at radius 2 is 2.33 bits per heavy atom. The largest absolute Gasteiger partial charge is 0.477 e. The summed E-state index contributed by atoms with van der Waals surface area (Å²) >= 11 is 0. The molecular weight excluding hydrogens is 190 g/mol. The van der Waals surface area contributed by atoms with E-state index in [2.05, 4.69) is 11.1 Å². The first-order chi connectivity index (χ1) is 7.27. The molecule has 1 unspecified atom stereocenters. The molecule has 3 rings (SSSR count). The highest BCUT2D eigenvalue weighted by atomic mass is 16.4. The lowest BCUT2D eigenvalue weighted by Gasteiger charge is -2.35. The van der Waals surface area contributed by atoms with Gasteiger partial charge >= 0.3 is 5.97 Å². The molecule has 1 heterocycles. The minimum atomic E-state index is -0.939. The molecule has 1 aromatic heterocycles. The summed E-state index contributed by atoms with van der Waals surface area (Å²) in [7, 11) is 0. The Kier molecular flexibility index (Phi) is 1.69. The van der Waals surface area contributed by atoms with Crippen molar-refractivity contribution in [3.05, 3.63) is 35.2 Å². The van der Waals surface area contributed by atoms with Crippen LogP contribution in [0.3, 0.4) is 0 Å². The van der Waals surface area contributed by atoms with Crippen LogP contribution in [0.5, 0.6) is 0 Å². The number of aromatic nitrogens is 1. The highest BCUT2D eigenvalue weighted by molar-refractivity contribution is 5.89. The van der Waals surface area contributed by atoms with Crippen molar-refractivity contribution in [2.75, 3.05) is 0 Å². The van der Waals surface area contributed by atoms with Crippen LogP contribution in [0.25, 0.3) is 5.57 Å². The van der Waals surface area contributed by atoms with Crippen LogP contribution >= 0.6 is 0 Å². The highest BCUT2D eigenvalue weighted by Crippen LogP contribution is 2.49. The van der Waals surface area contributed by atoms with E-state index in [0.29, 0.717) is 5.92 Å².